The summed E-state index contributed by atoms with van der Waals surface area (Å²) in [5, 5.41) is 4.15. The predicted molar refractivity (Wildman–Crippen MR) is 75.9 cm³/mol. The lowest BCUT2D eigenvalue weighted by molar-refractivity contribution is 0.450. The van der Waals surface area contributed by atoms with Crippen LogP contribution in [-0.2, 0) is 0 Å². The molecule has 0 saturated heterocycles. The van der Waals surface area contributed by atoms with E-state index in [9.17, 15) is 0 Å². The third kappa shape index (κ3) is 5.15. The lowest BCUT2D eigenvalue weighted by Crippen LogP contribution is -2.35. The van der Waals surface area contributed by atoms with Gasteiger partial charge >= 0.3 is 0 Å². The average molecular weight is 303 g/mol. The van der Waals surface area contributed by atoms with Gasteiger partial charge in [0, 0.05) is 21.6 Å². The Morgan fingerprint density at radius 2 is 2.06 bits per heavy atom. The molecule has 1 aromatic carbocycles. The van der Waals surface area contributed by atoms with E-state index in [4.69, 9.17) is 11.6 Å². The van der Waals surface area contributed by atoms with Gasteiger partial charge in [-0.15, -0.1) is 0 Å². The van der Waals surface area contributed by atoms with E-state index in [1.807, 2.05) is 24.3 Å². The SMILES string of the molecule is CC(C)(C)NC/C=C/c1ccc(Br)cc1Cl. The summed E-state index contributed by atoms with van der Waals surface area (Å²) < 4.78 is 1.00. The van der Waals surface area contributed by atoms with Crippen LogP contribution in [0.5, 0.6) is 0 Å². The third-order valence-electron chi connectivity index (χ3n) is 2.01. The molecule has 0 bridgehead atoms. The van der Waals surface area contributed by atoms with Gasteiger partial charge in [0.25, 0.3) is 0 Å². The zero-order valence-electron chi connectivity index (χ0n) is 9.85. The van der Waals surface area contributed by atoms with E-state index in [0.717, 1.165) is 21.6 Å². The van der Waals surface area contributed by atoms with E-state index in [-0.39, 0.29) is 5.54 Å². The lowest BCUT2D eigenvalue weighted by Gasteiger charge is -2.18. The molecule has 88 valence electrons. The van der Waals surface area contributed by atoms with Crippen LogP contribution in [0.3, 0.4) is 0 Å². The van der Waals surface area contributed by atoms with Crippen LogP contribution in [0.2, 0.25) is 5.02 Å². The molecule has 1 nitrogen and oxygen atoms in total. The van der Waals surface area contributed by atoms with Crippen molar-refractivity contribution in [3.8, 4) is 0 Å². The summed E-state index contributed by atoms with van der Waals surface area (Å²) in [6.07, 6.45) is 4.12. The van der Waals surface area contributed by atoms with Crippen molar-refractivity contribution < 1.29 is 0 Å². The maximum atomic E-state index is 6.10. The summed E-state index contributed by atoms with van der Waals surface area (Å²) in [4.78, 5) is 0. The zero-order valence-corrected chi connectivity index (χ0v) is 12.2. The minimum atomic E-state index is 0.147. The first-order chi connectivity index (χ1) is 7.38. The molecule has 0 aliphatic carbocycles. The molecule has 0 atom stereocenters. The Kier molecular flexibility index (Phi) is 5.03. The van der Waals surface area contributed by atoms with E-state index < -0.39 is 0 Å². The minimum absolute atomic E-state index is 0.147. The molecule has 1 N–H and O–H groups in total. The summed E-state index contributed by atoms with van der Waals surface area (Å²) in [5.41, 5.74) is 1.19. The van der Waals surface area contributed by atoms with Gasteiger partial charge < -0.3 is 5.32 Å². The molecule has 0 aromatic heterocycles. The van der Waals surface area contributed by atoms with Crippen molar-refractivity contribution in [3.63, 3.8) is 0 Å². The standard InChI is InChI=1S/C13H17BrClN/c1-13(2,3)16-8-4-5-10-6-7-11(14)9-12(10)15/h4-7,9,16H,8H2,1-3H3/b5-4+. The molecule has 0 unspecified atom stereocenters. The molecule has 0 amide bonds. The van der Waals surface area contributed by atoms with Gasteiger partial charge in [0.1, 0.15) is 0 Å². The molecule has 0 heterocycles. The Labute approximate surface area is 111 Å². The quantitative estimate of drug-likeness (QED) is 0.866. The van der Waals surface area contributed by atoms with Crippen molar-refractivity contribution in [1.82, 2.24) is 5.32 Å². The first kappa shape index (κ1) is 13.8. The van der Waals surface area contributed by atoms with Crippen LogP contribution in [0, 0.1) is 0 Å². The minimum Gasteiger partial charge on any atom is -0.309 e. The van der Waals surface area contributed by atoms with Crippen molar-refractivity contribution in [2.45, 2.75) is 26.3 Å². The topological polar surface area (TPSA) is 12.0 Å². The van der Waals surface area contributed by atoms with Crippen molar-refractivity contribution in [1.29, 1.82) is 0 Å². The molecule has 0 saturated carbocycles. The second-order valence-electron chi connectivity index (χ2n) is 4.70. The molecule has 16 heavy (non-hydrogen) atoms. The Morgan fingerprint density at radius 1 is 1.38 bits per heavy atom. The highest BCUT2D eigenvalue weighted by atomic mass is 79.9. The summed E-state index contributed by atoms with van der Waals surface area (Å²) in [5.74, 6) is 0. The molecule has 0 spiro atoms. The van der Waals surface area contributed by atoms with Crippen LogP contribution >= 0.6 is 27.5 Å². The maximum Gasteiger partial charge on any atom is 0.0489 e. The van der Waals surface area contributed by atoms with E-state index in [1.165, 1.54) is 0 Å². The highest BCUT2D eigenvalue weighted by Gasteiger charge is 2.05. The van der Waals surface area contributed by atoms with Gasteiger partial charge in [0.2, 0.25) is 0 Å². The molecule has 0 aliphatic rings. The van der Waals surface area contributed by atoms with Crippen LogP contribution in [0.15, 0.2) is 28.7 Å². The van der Waals surface area contributed by atoms with Gasteiger partial charge in [-0.05, 0) is 38.5 Å². The summed E-state index contributed by atoms with van der Waals surface area (Å²) in [7, 11) is 0. The van der Waals surface area contributed by atoms with Crippen LogP contribution in [0.25, 0.3) is 6.08 Å². The Bertz CT molecular complexity index is 380. The zero-order chi connectivity index (χ0) is 12.2. The molecular weight excluding hydrogens is 286 g/mol. The lowest BCUT2D eigenvalue weighted by atomic mass is 10.1. The van der Waals surface area contributed by atoms with Gasteiger partial charge in [0.05, 0.1) is 0 Å². The molecule has 0 radical (unpaired) electrons. The fourth-order valence-electron chi connectivity index (χ4n) is 1.19. The first-order valence-electron chi connectivity index (χ1n) is 5.25. The van der Waals surface area contributed by atoms with Gasteiger partial charge in [0.15, 0.2) is 0 Å². The number of rotatable bonds is 3. The third-order valence-corrected chi connectivity index (χ3v) is 2.83. The predicted octanol–water partition coefficient (Wildman–Crippen LogP) is 4.50. The summed E-state index contributed by atoms with van der Waals surface area (Å²) >= 11 is 9.48. The highest BCUT2D eigenvalue weighted by molar-refractivity contribution is 9.10. The fourth-order valence-corrected chi connectivity index (χ4v) is 1.92. The highest BCUT2D eigenvalue weighted by Crippen LogP contribution is 2.22. The maximum absolute atomic E-state index is 6.10. The van der Waals surface area contributed by atoms with E-state index in [1.54, 1.807) is 0 Å². The second-order valence-corrected chi connectivity index (χ2v) is 6.02. The van der Waals surface area contributed by atoms with Gasteiger partial charge in [-0.1, -0.05) is 45.7 Å². The van der Waals surface area contributed by atoms with Crippen molar-refractivity contribution in [3.05, 3.63) is 39.3 Å². The molecule has 0 aliphatic heterocycles. The van der Waals surface area contributed by atoms with Crippen LogP contribution < -0.4 is 5.32 Å². The molecule has 3 heteroatoms. The van der Waals surface area contributed by atoms with Crippen molar-refractivity contribution >= 4 is 33.6 Å². The van der Waals surface area contributed by atoms with E-state index >= 15 is 0 Å². The summed E-state index contributed by atoms with van der Waals surface area (Å²) in [6.45, 7) is 7.28. The normalized spacial score (nSPS) is 12.3. The number of benzene rings is 1. The summed E-state index contributed by atoms with van der Waals surface area (Å²) in [6, 6.07) is 5.89. The van der Waals surface area contributed by atoms with Crippen LogP contribution in [0.4, 0.5) is 0 Å². The van der Waals surface area contributed by atoms with Crippen LogP contribution in [-0.4, -0.2) is 12.1 Å². The van der Waals surface area contributed by atoms with Gasteiger partial charge in [-0.3, -0.25) is 0 Å². The van der Waals surface area contributed by atoms with Crippen molar-refractivity contribution in [2.75, 3.05) is 6.54 Å². The molecule has 0 fully saturated rings. The van der Waals surface area contributed by atoms with Crippen LogP contribution in [0.1, 0.15) is 26.3 Å². The fraction of sp³-hybridized carbons (Fsp3) is 0.385. The number of halogens is 2. The average Bonchev–Trinajstić information content (AvgIpc) is 2.13. The Morgan fingerprint density at radius 3 is 2.62 bits per heavy atom. The number of hydrogen-bond donors (Lipinski definition) is 1. The molecular formula is C13H17BrClN. The smallest absolute Gasteiger partial charge is 0.0489 e. The second kappa shape index (κ2) is 5.85. The Balaban J connectivity index is 2.57. The largest absolute Gasteiger partial charge is 0.309 e. The van der Waals surface area contributed by atoms with E-state index in [0.29, 0.717) is 0 Å². The molecule has 1 aromatic rings. The van der Waals surface area contributed by atoms with Gasteiger partial charge in [-0.2, -0.15) is 0 Å². The first-order valence-corrected chi connectivity index (χ1v) is 6.42. The number of hydrogen-bond acceptors (Lipinski definition) is 1. The Hall–Kier alpha value is -0.310. The van der Waals surface area contributed by atoms with Gasteiger partial charge in [-0.25, -0.2) is 0 Å². The number of nitrogens with one attached hydrogen (secondary N) is 1. The van der Waals surface area contributed by atoms with E-state index in [2.05, 4.69) is 48.1 Å². The monoisotopic (exact) mass is 301 g/mol. The van der Waals surface area contributed by atoms with Crippen molar-refractivity contribution in [2.24, 2.45) is 0 Å². The molecule has 1 rings (SSSR count).